The highest BCUT2D eigenvalue weighted by Crippen LogP contribution is 2.23. The van der Waals surface area contributed by atoms with Crippen LogP contribution in [0.15, 0.2) is 41.3 Å². The van der Waals surface area contributed by atoms with Crippen molar-refractivity contribution >= 4 is 28.5 Å². The lowest BCUT2D eigenvalue weighted by atomic mass is 10.1. The van der Waals surface area contributed by atoms with Gasteiger partial charge in [0.1, 0.15) is 22.8 Å². The Morgan fingerprint density at radius 2 is 2.17 bits per heavy atom. The molecular weight excluding hydrogens is 337 g/mol. The van der Waals surface area contributed by atoms with Crippen molar-refractivity contribution in [3.05, 3.63) is 68.8 Å². The molecule has 0 atom stereocenters. The highest BCUT2D eigenvalue weighted by atomic mass is 35.5. The summed E-state index contributed by atoms with van der Waals surface area (Å²) in [6.45, 7) is 0.0167. The monoisotopic (exact) mass is 347 g/mol. The van der Waals surface area contributed by atoms with E-state index in [2.05, 4.69) is 15.3 Å². The molecule has 0 aliphatic carbocycles. The summed E-state index contributed by atoms with van der Waals surface area (Å²) in [6, 6.07) is 7.10. The van der Waals surface area contributed by atoms with Crippen LogP contribution >= 0.6 is 11.6 Å². The van der Waals surface area contributed by atoms with Gasteiger partial charge in [-0.1, -0.05) is 17.7 Å². The van der Waals surface area contributed by atoms with Crippen molar-refractivity contribution in [3.8, 4) is 5.75 Å². The van der Waals surface area contributed by atoms with Gasteiger partial charge in [-0.25, -0.2) is 9.37 Å². The summed E-state index contributed by atoms with van der Waals surface area (Å²) < 4.78 is 13.1. The minimum Gasteiger partial charge on any atom is -0.506 e. The molecule has 122 valence electrons. The number of carbonyl (C=O) groups excluding carboxylic acids is 1. The highest BCUT2D eigenvalue weighted by molar-refractivity contribution is 6.30. The van der Waals surface area contributed by atoms with Crippen LogP contribution in [0.5, 0.6) is 5.75 Å². The molecule has 3 rings (SSSR count). The number of aromatic nitrogens is 2. The van der Waals surface area contributed by atoms with Gasteiger partial charge in [0.05, 0.1) is 10.4 Å². The second kappa shape index (κ2) is 6.29. The van der Waals surface area contributed by atoms with Crippen LogP contribution in [0.3, 0.4) is 0 Å². The Hall–Kier alpha value is -2.93. The third-order valence-electron chi connectivity index (χ3n) is 3.42. The first-order valence-electron chi connectivity index (χ1n) is 6.89. The molecule has 0 saturated carbocycles. The summed E-state index contributed by atoms with van der Waals surface area (Å²) in [5.41, 5.74) is -0.438. The fourth-order valence-electron chi connectivity index (χ4n) is 2.24. The van der Waals surface area contributed by atoms with Crippen molar-refractivity contribution in [3.63, 3.8) is 0 Å². The molecule has 0 radical (unpaired) electrons. The molecule has 0 spiro atoms. The third-order valence-corrected chi connectivity index (χ3v) is 3.71. The number of nitrogens with one attached hydrogen (secondary N) is 2. The maximum absolute atomic E-state index is 13.1. The van der Waals surface area contributed by atoms with E-state index in [4.69, 9.17) is 11.6 Å². The molecule has 1 amide bonds. The number of carbonyl (C=O) groups is 1. The normalized spacial score (nSPS) is 10.8. The number of pyridine rings is 2. The van der Waals surface area contributed by atoms with Gasteiger partial charge < -0.3 is 15.4 Å². The topological polar surface area (TPSA) is 95.1 Å². The number of rotatable bonds is 3. The summed E-state index contributed by atoms with van der Waals surface area (Å²) in [5.74, 6) is -1.78. The van der Waals surface area contributed by atoms with Gasteiger partial charge in [-0.15, -0.1) is 0 Å². The van der Waals surface area contributed by atoms with Crippen LogP contribution in [0.25, 0.3) is 11.0 Å². The van der Waals surface area contributed by atoms with Crippen LogP contribution < -0.4 is 10.9 Å². The quantitative estimate of drug-likeness (QED) is 0.677. The number of hydrogen-bond donors (Lipinski definition) is 3. The number of amides is 1. The average molecular weight is 348 g/mol. The Balaban J connectivity index is 1.88. The Bertz CT molecular complexity index is 1000. The van der Waals surface area contributed by atoms with Crippen LogP contribution in [0, 0.1) is 5.82 Å². The summed E-state index contributed by atoms with van der Waals surface area (Å²) in [6.07, 6.45) is 1.45. The van der Waals surface area contributed by atoms with Crippen molar-refractivity contribution in [1.29, 1.82) is 0 Å². The molecule has 0 bridgehead atoms. The van der Waals surface area contributed by atoms with Crippen LogP contribution in [-0.4, -0.2) is 21.0 Å². The van der Waals surface area contributed by atoms with Crippen LogP contribution in [0.2, 0.25) is 5.02 Å². The number of nitrogens with zero attached hydrogens (tertiary/aromatic N) is 1. The molecule has 1 aromatic carbocycles. The van der Waals surface area contributed by atoms with Gasteiger partial charge in [-0.2, -0.15) is 0 Å². The Kier molecular flexibility index (Phi) is 4.18. The van der Waals surface area contributed by atoms with Crippen LogP contribution in [0.4, 0.5) is 4.39 Å². The standard InChI is InChI=1S/C16H11ClFN3O3/c17-10-6-8(3-4-11(10)18)7-20-15(23)12-13(22)9-2-1-5-19-14(9)21-16(12)24/h1-6H,7H2,(H,20,23)(H2,19,21,22,24). The Morgan fingerprint density at radius 1 is 1.38 bits per heavy atom. The maximum Gasteiger partial charge on any atom is 0.266 e. The van der Waals surface area contributed by atoms with E-state index in [1.165, 1.54) is 30.5 Å². The lowest BCUT2D eigenvalue weighted by molar-refractivity contribution is 0.0947. The molecule has 24 heavy (non-hydrogen) atoms. The third kappa shape index (κ3) is 2.93. The molecule has 2 heterocycles. The number of fused-ring (bicyclic) bond motifs is 1. The molecule has 8 heteroatoms. The maximum atomic E-state index is 13.1. The van der Waals surface area contributed by atoms with E-state index < -0.39 is 28.6 Å². The molecule has 2 aromatic heterocycles. The lowest BCUT2D eigenvalue weighted by Gasteiger charge is -2.08. The van der Waals surface area contributed by atoms with Gasteiger partial charge in [0.2, 0.25) is 0 Å². The SMILES string of the molecule is O=C(NCc1ccc(F)c(Cl)c1)c1c(O)c2cccnc2[nH]c1=O. The molecule has 0 unspecified atom stereocenters. The molecular formula is C16H11ClFN3O3. The predicted octanol–water partition coefficient (Wildman–Crippen LogP) is 2.35. The minimum atomic E-state index is -0.764. The zero-order valence-corrected chi connectivity index (χ0v) is 12.9. The van der Waals surface area contributed by atoms with E-state index in [9.17, 15) is 19.1 Å². The van der Waals surface area contributed by atoms with Gasteiger partial charge in [0.25, 0.3) is 11.5 Å². The van der Waals surface area contributed by atoms with Crippen molar-refractivity contribution in [2.45, 2.75) is 6.54 Å². The first-order chi connectivity index (χ1) is 11.5. The Labute approximate surface area is 139 Å². The average Bonchev–Trinajstić information content (AvgIpc) is 2.56. The zero-order chi connectivity index (χ0) is 17.3. The number of aromatic amines is 1. The van der Waals surface area contributed by atoms with Crippen LogP contribution in [-0.2, 0) is 6.54 Å². The van der Waals surface area contributed by atoms with Gasteiger partial charge in [0, 0.05) is 12.7 Å². The second-order valence-corrected chi connectivity index (χ2v) is 5.42. The summed E-state index contributed by atoms with van der Waals surface area (Å²) in [4.78, 5) is 30.6. The molecule has 3 aromatic rings. The molecule has 0 fully saturated rings. The number of hydrogen-bond acceptors (Lipinski definition) is 4. The number of H-pyrrole nitrogens is 1. The first-order valence-corrected chi connectivity index (χ1v) is 7.27. The fourth-order valence-corrected chi connectivity index (χ4v) is 2.44. The van der Waals surface area contributed by atoms with Crippen molar-refractivity contribution in [2.24, 2.45) is 0 Å². The first kappa shape index (κ1) is 15.9. The largest absolute Gasteiger partial charge is 0.506 e. The number of halogens is 2. The highest BCUT2D eigenvalue weighted by Gasteiger charge is 2.19. The molecule has 0 saturated heterocycles. The van der Waals surface area contributed by atoms with E-state index in [0.717, 1.165) is 0 Å². The van der Waals surface area contributed by atoms with Gasteiger partial charge in [-0.3, -0.25) is 9.59 Å². The van der Waals surface area contributed by atoms with E-state index in [1.54, 1.807) is 6.07 Å². The Morgan fingerprint density at radius 3 is 2.92 bits per heavy atom. The van der Waals surface area contributed by atoms with E-state index >= 15 is 0 Å². The van der Waals surface area contributed by atoms with Gasteiger partial charge >= 0.3 is 0 Å². The van der Waals surface area contributed by atoms with Gasteiger partial charge in [0.15, 0.2) is 0 Å². The molecule has 6 nitrogen and oxygen atoms in total. The fraction of sp³-hybridized carbons (Fsp3) is 0.0625. The van der Waals surface area contributed by atoms with Crippen LogP contribution in [0.1, 0.15) is 15.9 Å². The van der Waals surface area contributed by atoms with E-state index in [1.807, 2.05) is 0 Å². The number of benzene rings is 1. The summed E-state index contributed by atoms with van der Waals surface area (Å²) >= 11 is 5.67. The smallest absolute Gasteiger partial charge is 0.266 e. The van der Waals surface area contributed by atoms with E-state index in [0.29, 0.717) is 5.56 Å². The van der Waals surface area contributed by atoms with Crippen molar-refractivity contribution in [2.75, 3.05) is 0 Å². The second-order valence-electron chi connectivity index (χ2n) is 5.01. The number of aromatic hydroxyl groups is 1. The summed E-state index contributed by atoms with van der Waals surface area (Å²) in [7, 11) is 0. The van der Waals surface area contributed by atoms with E-state index in [-0.39, 0.29) is 22.6 Å². The molecule has 0 aliphatic rings. The predicted molar refractivity (Wildman–Crippen MR) is 86.6 cm³/mol. The molecule has 3 N–H and O–H groups in total. The lowest BCUT2D eigenvalue weighted by Crippen LogP contribution is -2.29. The minimum absolute atomic E-state index is 0.0167. The van der Waals surface area contributed by atoms with Crippen molar-refractivity contribution < 1.29 is 14.3 Å². The molecule has 0 aliphatic heterocycles. The van der Waals surface area contributed by atoms with Crippen molar-refractivity contribution in [1.82, 2.24) is 15.3 Å². The summed E-state index contributed by atoms with van der Waals surface area (Å²) in [5, 5.41) is 12.9. The van der Waals surface area contributed by atoms with Gasteiger partial charge in [-0.05, 0) is 29.8 Å². The zero-order valence-electron chi connectivity index (χ0n) is 12.1.